The second-order valence-electron chi connectivity index (χ2n) is 8.22. The summed E-state index contributed by atoms with van der Waals surface area (Å²) in [5, 5.41) is 5.07. The first-order valence-corrected chi connectivity index (χ1v) is 11.4. The lowest BCUT2D eigenvalue weighted by Gasteiger charge is -2.34. The van der Waals surface area contributed by atoms with Gasteiger partial charge in [-0.05, 0) is 63.6 Å². The number of fused-ring (bicyclic) bond motifs is 2. The van der Waals surface area contributed by atoms with E-state index < -0.39 is 0 Å². The lowest BCUT2D eigenvalue weighted by atomic mass is 9.96. The van der Waals surface area contributed by atoms with E-state index in [1.165, 1.54) is 40.0 Å². The Morgan fingerprint density at radius 1 is 1.21 bits per heavy atom. The number of aryl methyl sites for hydroxylation is 3. The maximum atomic E-state index is 13.0. The van der Waals surface area contributed by atoms with Gasteiger partial charge in [0.25, 0.3) is 0 Å². The van der Waals surface area contributed by atoms with Crippen molar-refractivity contribution in [2.24, 2.45) is 5.92 Å². The fourth-order valence-electron chi connectivity index (χ4n) is 4.54. The summed E-state index contributed by atoms with van der Waals surface area (Å²) < 4.78 is 0. The summed E-state index contributed by atoms with van der Waals surface area (Å²) in [6.45, 7) is 3.82. The molecule has 5 nitrogen and oxygen atoms in total. The SMILES string of the molecule is Cc1ccc2nccc(N3CCCC(C(=O)Nc4nc5c(s4)CCCC5)C3)c2c1. The number of rotatable bonds is 3. The molecule has 3 heterocycles. The highest BCUT2D eigenvalue weighted by Crippen LogP contribution is 2.32. The molecule has 0 radical (unpaired) electrons. The number of hydrogen-bond acceptors (Lipinski definition) is 5. The van der Waals surface area contributed by atoms with Crippen LogP contribution in [-0.2, 0) is 17.6 Å². The molecular formula is C23H26N4OS. The van der Waals surface area contributed by atoms with E-state index in [0.29, 0.717) is 0 Å². The number of nitrogens with one attached hydrogen (secondary N) is 1. The molecule has 1 amide bonds. The lowest BCUT2D eigenvalue weighted by molar-refractivity contribution is -0.120. The third kappa shape index (κ3) is 3.73. The number of amides is 1. The standard InChI is InChI=1S/C23H26N4OS/c1-15-8-9-18-17(13-15)20(10-11-24-18)27-12-4-5-16(14-27)22(28)26-23-25-19-6-2-3-7-21(19)29-23/h8-11,13,16H,2-7,12,14H2,1H3,(H,25,26,28). The van der Waals surface area contributed by atoms with Crippen molar-refractivity contribution in [3.05, 3.63) is 46.6 Å². The normalized spacial score (nSPS) is 19.2. The molecule has 1 fully saturated rings. The highest BCUT2D eigenvalue weighted by atomic mass is 32.1. The van der Waals surface area contributed by atoms with Crippen molar-refractivity contribution in [1.82, 2.24) is 9.97 Å². The fourth-order valence-corrected chi connectivity index (χ4v) is 5.60. The van der Waals surface area contributed by atoms with Gasteiger partial charge in [0.05, 0.1) is 17.1 Å². The van der Waals surface area contributed by atoms with Crippen LogP contribution in [0.2, 0.25) is 0 Å². The van der Waals surface area contributed by atoms with Crippen molar-refractivity contribution in [3.8, 4) is 0 Å². The Hall–Kier alpha value is -2.47. The first-order valence-electron chi connectivity index (χ1n) is 10.6. The summed E-state index contributed by atoms with van der Waals surface area (Å²) >= 11 is 1.66. The fraction of sp³-hybridized carbons (Fsp3) is 0.435. The van der Waals surface area contributed by atoms with E-state index in [-0.39, 0.29) is 11.8 Å². The number of thiazole rings is 1. The number of hydrogen-bond donors (Lipinski definition) is 1. The molecule has 2 aromatic heterocycles. The van der Waals surface area contributed by atoms with Crippen molar-refractivity contribution >= 4 is 39.0 Å². The molecular weight excluding hydrogens is 380 g/mol. The summed E-state index contributed by atoms with van der Waals surface area (Å²) in [4.78, 5) is 25.9. The molecule has 3 aromatic rings. The monoisotopic (exact) mass is 406 g/mol. The maximum absolute atomic E-state index is 13.0. The molecule has 29 heavy (non-hydrogen) atoms. The minimum Gasteiger partial charge on any atom is -0.370 e. The van der Waals surface area contributed by atoms with Crippen molar-refractivity contribution in [3.63, 3.8) is 0 Å². The second-order valence-corrected chi connectivity index (χ2v) is 9.30. The van der Waals surface area contributed by atoms with Gasteiger partial charge in [-0.2, -0.15) is 0 Å². The Bertz CT molecular complexity index is 1040. The molecule has 0 saturated carbocycles. The average molecular weight is 407 g/mol. The van der Waals surface area contributed by atoms with Crippen LogP contribution in [0.5, 0.6) is 0 Å². The van der Waals surface area contributed by atoms with Gasteiger partial charge in [0.15, 0.2) is 5.13 Å². The zero-order valence-corrected chi connectivity index (χ0v) is 17.6. The number of carbonyl (C=O) groups excluding carboxylic acids is 1. The van der Waals surface area contributed by atoms with E-state index in [9.17, 15) is 4.79 Å². The van der Waals surface area contributed by atoms with Crippen molar-refractivity contribution in [1.29, 1.82) is 0 Å². The highest BCUT2D eigenvalue weighted by molar-refractivity contribution is 7.15. The maximum Gasteiger partial charge on any atom is 0.231 e. The van der Waals surface area contributed by atoms with Gasteiger partial charge < -0.3 is 10.2 Å². The molecule has 1 aromatic carbocycles. The Labute approximate surface area is 175 Å². The van der Waals surface area contributed by atoms with Crippen molar-refractivity contribution in [2.75, 3.05) is 23.3 Å². The molecule has 5 rings (SSSR count). The van der Waals surface area contributed by atoms with Crippen LogP contribution >= 0.6 is 11.3 Å². The molecule has 1 atom stereocenters. The van der Waals surface area contributed by atoms with Gasteiger partial charge in [-0.1, -0.05) is 11.6 Å². The Morgan fingerprint density at radius 2 is 2.10 bits per heavy atom. The first-order chi connectivity index (χ1) is 14.2. The number of anilines is 2. The smallest absolute Gasteiger partial charge is 0.231 e. The third-order valence-corrected chi connectivity index (χ3v) is 7.16. The van der Waals surface area contributed by atoms with Crippen molar-refractivity contribution < 1.29 is 4.79 Å². The van der Waals surface area contributed by atoms with Gasteiger partial charge in [0.2, 0.25) is 5.91 Å². The topological polar surface area (TPSA) is 58.1 Å². The van der Waals surface area contributed by atoms with E-state index in [1.54, 1.807) is 11.3 Å². The van der Waals surface area contributed by atoms with E-state index in [2.05, 4.69) is 51.4 Å². The summed E-state index contributed by atoms with van der Waals surface area (Å²) in [5.41, 5.74) is 4.61. The lowest BCUT2D eigenvalue weighted by Crippen LogP contribution is -2.40. The number of carbonyl (C=O) groups is 1. The minimum absolute atomic E-state index is 0.0160. The molecule has 150 valence electrons. The predicted molar refractivity (Wildman–Crippen MR) is 119 cm³/mol. The summed E-state index contributed by atoms with van der Waals surface area (Å²) in [6, 6.07) is 8.45. The van der Waals surface area contributed by atoms with E-state index in [4.69, 9.17) is 0 Å². The zero-order chi connectivity index (χ0) is 19.8. The molecule has 2 aliphatic rings. The highest BCUT2D eigenvalue weighted by Gasteiger charge is 2.28. The predicted octanol–water partition coefficient (Wildman–Crippen LogP) is 4.73. The number of piperidine rings is 1. The molecule has 0 spiro atoms. The quantitative estimate of drug-likeness (QED) is 0.683. The van der Waals surface area contributed by atoms with Crippen LogP contribution in [0.1, 0.15) is 41.8 Å². The summed E-state index contributed by atoms with van der Waals surface area (Å²) in [7, 11) is 0. The summed E-state index contributed by atoms with van der Waals surface area (Å²) in [6.07, 6.45) is 8.41. The largest absolute Gasteiger partial charge is 0.370 e. The number of nitrogens with zero attached hydrogens (tertiary/aromatic N) is 3. The van der Waals surface area contributed by atoms with E-state index >= 15 is 0 Å². The number of pyridine rings is 1. The van der Waals surface area contributed by atoms with Crippen LogP contribution in [0.25, 0.3) is 10.9 Å². The van der Waals surface area contributed by atoms with Gasteiger partial charge >= 0.3 is 0 Å². The molecule has 1 N–H and O–H groups in total. The Morgan fingerprint density at radius 3 is 3.00 bits per heavy atom. The van der Waals surface area contributed by atoms with E-state index in [1.807, 2.05) is 6.20 Å². The van der Waals surface area contributed by atoms with E-state index in [0.717, 1.165) is 49.4 Å². The van der Waals surface area contributed by atoms with Crippen LogP contribution in [-0.4, -0.2) is 29.0 Å². The first kappa shape index (κ1) is 18.6. The van der Waals surface area contributed by atoms with Gasteiger partial charge in [0.1, 0.15) is 0 Å². The molecule has 1 saturated heterocycles. The molecule has 1 aliphatic heterocycles. The Kier molecular flexibility index (Phi) is 4.96. The van der Waals surface area contributed by atoms with Crippen LogP contribution in [0.3, 0.4) is 0 Å². The van der Waals surface area contributed by atoms with Crippen molar-refractivity contribution in [2.45, 2.75) is 45.4 Å². The van der Waals surface area contributed by atoms with Crippen LogP contribution in [0, 0.1) is 12.8 Å². The van der Waals surface area contributed by atoms with Crippen LogP contribution in [0.4, 0.5) is 10.8 Å². The second kappa shape index (κ2) is 7.75. The summed E-state index contributed by atoms with van der Waals surface area (Å²) in [5.74, 6) is 0.0908. The van der Waals surface area contributed by atoms with Gasteiger partial charge in [-0.15, -0.1) is 11.3 Å². The molecule has 1 aliphatic carbocycles. The zero-order valence-electron chi connectivity index (χ0n) is 16.8. The van der Waals surface area contributed by atoms with Crippen LogP contribution in [0.15, 0.2) is 30.5 Å². The van der Waals surface area contributed by atoms with Crippen LogP contribution < -0.4 is 10.2 Å². The average Bonchev–Trinajstić information content (AvgIpc) is 3.15. The molecule has 0 bridgehead atoms. The number of benzene rings is 1. The van der Waals surface area contributed by atoms with Gasteiger partial charge in [-0.3, -0.25) is 9.78 Å². The minimum atomic E-state index is -0.0160. The third-order valence-electron chi connectivity index (χ3n) is 6.08. The van der Waals surface area contributed by atoms with Gasteiger partial charge in [0, 0.05) is 35.2 Å². The van der Waals surface area contributed by atoms with Gasteiger partial charge in [-0.25, -0.2) is 4.98 Å². The molecule has 6 heteroatoms. The number of aromatic nitrogens is 2. The Balaban J connectivity index is 1.33. The molecule has 1 unspecified atom stereocenters.